The topological polar surface area (TPSA) is 355 Å². The first-order valence-corrected chi connectivity index (χ1v) is 13.0. The van der Waals surface area contributed by atoms with Crippen LogP contribution in [-0.2, 0) is 0 Å². The van der Waals surface area contributed by atoms with E-state index >= 15 is 0 Å². The summed E-state index contributed by atoms with van der Waals surface area (Å²) in [6, 6.07) is 0. The number of aromatic nitrogens is 2. The molecule has 0 atom stereocenters. The summed E-state index contributed by atoms with van der Waals surface area (Å²) in [6.07, 6.45) is 0. The molecule has 47 heavy (non-hydrogen) atoms. The van der Waals surface area contributed by atoms with E-state index in [0.29, 0.717) is 9.13 Å². The van der Waals surface area contributed by atoms with Crippen molar-refractivity contribution in [2.45, 2.75) is 0 Å². The second kappa shape index (κ2) is 9.23. The fourth-order valence-electron chi connectivity index (χ4n) is 5.76. The molecule has 6 aromatic rings. The monoisotopic (exact) mass is 649 g/mol. The number of hydrogen-bond acceptors (Lipinski definition) is 15. The van der Waals surface area contributed by atoms with E-state index in [1.54, 1.807) is 0 Å². The minimum atomic E-state index is -1.30. The van der Waals surface area contributed by atoms with Crippen molar-refractivity contribution < 1.29 is 71.5 Å². The van der Waals surface area contributed by atoms with Crippen molar-refractivity contribution in [1.82, 2.24) is 9.13 Å². The predicted octanol–water partition coefficient (Wildman–Crippen LogP) is -2.06. The van der Waals surface area contributed by atoms with Gasteiger partial charge in [-0.3, -0.25) is 14.5 Å². The number of hydrogen-bond donors (Lipinski definition) is 16. The van der Waals surface area contributed by atoms with Gasteiger partial charge in [0.2, 0.25) is 40.7 Å². The molecule has 0 aliphatic heterocycles. The second-order valence-corrected chi connectivity index (χ2v) is 10.5. The molecule has 0 saturated heterocycles. The van der Waals surface area contributed by atoms with Gasteiger partial charge in [-0.2, -0.15) is 4.99 Å². The van der Waals surface area contributed by atoms with Crippen LogP contribution in [0.3, 0.4) is 0 Å². The molecule has 19 nitrogen and oxygen atoms in total. The van der Waals surface area contributed by atoms with Gasteiger partial charge >= 0.3 is 0 Å². The molecule has 2 heterocycles. The van der Waals surface area contributed by atoms with Gasteiger partial charge in [-0.15, -0.1) is 0 Å². The maximum absolute atomic E-state index is 11.0. The van der Waals surface area contributed by atoms with E-state index in [0.717, 1.165) is 7.85 Å². The molecule has 21 heteroatoms. The molecule has 0 amide bonds. The highest BCUT2D eigenvalue weighted by molar-refractivity contribution is 6.45. The number of nitrogens with zero attached hydrogens (tertiary/aromatic N) is 3. The Morgan fingerprint density at radius 1 is 0.426 bits per heavy atom. The number of phenols is 14. The highest BCUT2D eigenvalue weighted by Gasteiger charge is 2.34. The van der Waals surface area contributed by atoms with Crippen molar-refractivity contribution >= 4 is 82.1 Å². The lowest BCUT2D eigenvalue weighted by Crippen LogP contribution is -2.25. The number of benzene rings is 4. The summed E-state index contributed by atoms with van der Waals surface area (Å²) >= 11 is 0. The fraction of sp³-hybridized carbons (Fsp3) is 0. The highest BCUT2D eigenvalue weighted by atomic mass is 16.4. The van der Waals surface area contributed by atoms with Crippen molar-refractivity contribution in [3.63, 3.8) is 0 Å². The zero-order valence-electron chi connectivity index (χ0n) is 23.7. The Labute approximate surface area is 259 Å². The Hall–Kier alpha value is -7.05. The zero-order valence-corrected chi connectivity index (χ0v) is 23.7. The van der Waals surface area contributed by atoms with E-state index in [1.165, 1.54) is 7.85 Å². The van der Waals surface area contributed by atoms with Crippen LogP contribution >= 0.6 is 0 Å². The number of rotatable bonds is 0. The average Bonchev–Trinajstić information content (AvgIpc) is 3.59. The lowest BCUT2D eigenvalue weighted by molar-refractivity contribution is 0.350. The maximum atomic E-state index is 11.0. The van der Waals surface area contributed by atoms with E-state index in [1.807, 2.05) is 0 Å². The molecule has 0 spiro atoms. The van der Waals surface area contributed by atoms with Crippen molar-refractivity contribution in [3.8, 4) is 80.5 Å². The molecule has 0 bridgehead atoms. The van der Waals surface area contributed by atoms with Gasteiger partial charge in [0.25, 0.3) is 0 Å². The molecule has 0 aliphatic rings. The van der Waals surface area contributed by atoms with Crippen LogP contribution in [0.5, 0.6) is 80.5 Å². The third kappa shape index (κ3) is 3.41. The van der Waals surface area contributed by atoms with Crippen LogP contribution in [0.4, 0.5) is 0 Å². The van der Waals surface area contributed by atoms with E-state index in [4.69, 9.17) is 11.1 Å². The number of nitrogens with two attached hydrogens (primary N) is 1. The number of nitrogens with one attached hydrogen (secondary N) is 1. The summed E-state index contributed by atoms with van der Waals surface area (Å²) in [4.78, 5) is 3.87. The van der Waals surface area contributed by atoms with Crippen molar-refractivity contribution in [2.24, 2.45) is 10.7 Å². The quantitative estimate of drug-likeness (QED) is 0.0277. The van der Waals surface area contributed by atoms with Gasteiger partial charge in [0.1, 0.15) is 43.5 Å². The Morgan fingerprint density at radius 2 is 0.745 bits per heavy atom. The van der Waals surface area contributed by atoms with Gasteiger partial charge in [0.15, 0.2) is 46.0 Å². The van der Waals surface area contributed by atoms with E-state index < -0.39 is 131 Å². The highest BCUT2D eigenvalue weighted by Crippen LogP contribution is 2.56. The number of aliphatic imine (C=N–C) groups is 1. The molecule has 0 radical (unpaired) electrons. The summed E-state index contributed by atoms with van der Waals surface area (Å²) in [5.41, 5.74) is 2.96. The summed E-state index contributed by atoms with van der Waals surface area (Å²) in [5.74, 6) is -17.7. The van der Waals surface area contributed by atoms with E-state index in [9.17, 15) is 71.5 Å². The van der Waals surface area contributed by atoms with Gasteiger partial charge in [-0.05, 0) is 10.9 Å². The van der Waals surface area contributed by atoms with Gasteiger partial charge in [0, 0.05) is 5.39 Å². The lowest BCUT2D eigenvalue weighted by atomic mass is 9.88. The Morgan fingerprint density at radius 3 is 1.23 bits per heavy atom. The molecule has 17 N–H and O–H groups in total. The smallest absolute Gasteiger partial charge is 0.230 e. The van der Waals surface area contributed by atoms with Crippen LogP contribution in [0.25, 0.3) is 43.6 Å². The average molecular weight is 649 g/mol. The summed E-state index contributed by atoms with van der Waals surface area (Å²) in [5, 5.41) is 155. The van der Waals surface area contributed by atoms with Crippen LogP contribution in [0.2, 0.25) is 0 Å². The summed E-state index contributed by atoms with van der Waals surface area (Å²) in [6.45, 7) is 0. The molecule has 0 unspecified atom stereocenters. The first-order valence-electron chi connectivity index (χ1n) is 13.0. The molecular formula is C26H21B2N5O14. The number of aromatic hydroxyl groups is 14. The first kappa shape index (κ1) is 30.0. The molecule has 0 fully saturated rings. The maximum Gasteiger partial charge on any atom is 0.230 e. The first-order chi connectivity index (χ1) is 21.9. The van der Waals surface area contributed by atoms with Crippen molar-refractivity contribution in [3.05, 3.63) is 0 Å². The molecule has 240 valence electrons. The Kier molecular flexibility index (Phi) is 5.89. The van der Waals surface area contributed by atoms with Gasteiger partial charge in [-0.25, -0.2) is 0 Å². The van der Waals surface area contributed by atoms with Gasteiger partial charge < -0.3 is 77.2 Å². The van der Waals surface area contributed by atoms with Crippen molar-refractivity contribution in [2.75, 3.05) is 0 Å². The molecule has 0 saturated carbocycles. The third-order valence-corrected chi connectivity index (χ3v) is 8.07. The summed E-state index contributed by atoms with van der Waals surface area (Å²) in [7, 11) is 2.35. The standard InChI is InChI=1S/C26H21B2N5O14/c27-5-1-2-9(18(41)23(46)20(43)12(2)35)32(7(1)17(40)22(45)15(5)38)25(29)31-26(30)33-8-3(11(34)16(39)6(28)14(8)37)4-10(33)19(42)24(47)21(44)13(4)36/h34-47H,27-28H2,(H3,29,30,31). The predicted molar refractivity (Wildman–Crippen MR) is 169 cm³/mol. The second-order valence-electron chi connectivity index (χ2n) is 10.5. The van der Waals surface area contributed by atoms with E-state index in [2.05, 4.69) is 4.99 Å². The largest absolute Gasteiger partial charge is 0.506 e. The molecule has 6 rings (SSSR count). The van der Waals surface area contributed by atoms with Crippen LogP contribution in [-0.4, -0.2) is 108 Å². The number of fused-ring (bicyclic) bond motifs is 6. The third-order valence-electron chi connectivity index (χ3n) is 8.07. The molecule has 2 aromatic heterocycles. The number of phenolic OH excluding ortho intramolecular Hbond substituents is 14. The molecule has 4 aromatic carbocycles. The summed E-state index contributed by atoms with van der Waals surface area (Å²) < 4.78 is 1.12. The van der Waals surface area contributed by atoms with Crippen LogP contribution in [0, 0.1) is 5.41 Å². The molecule has 0 aliphatic carbocycles. The van der Waals surface area contributed by atoms with Crippen LogP contribution in [0.15, 0.2) is 4.99 Å². The fourth-order valence-corrected chi connectivity index (χ4v) is 5.76. The van der Waals surface area contributed by atoms with E-state index in [-0.39, 0.29) is 16.3 Å². The Bertz CT molecular complexity index is 2370. The minimum absolute atomic E-state index is 0.252. The van der Waals surface area contributed by atoms with Crippen molar-refractivity contribution in [1.29, 1.82) is 5.41 Å². The van der Waals surface area contributed by atoms with Crippen LogP contribution < -0.4 is 16.7 Å². The minimum Gasteiger partial charge on any atom is -0.506 e. The van der Waals surface area contributed by atoms with Crippen LogP contribution in [0.1, 0.15) is 0 Å². The SMILES string of the molecule is Bc1c(O)c(O)c2c3c(O)c(O)c(O)c(O)c3n(/C(N)=N/C(=N)n3c4c(O)c(O)c(O)c(B)c4c4c(O)c(O)c(O)c(O)c43)c2c1O. The zero-order chi connectivity index (χ0) is 34.9. The van der Waals surface area contributed by atoms with Gasteiger partial charge in [-0.1, -0.05) is 0 Å². The molecular weight excluding hydrogens is 628 g/mol. The normalized spacial score (nSPS) is 12.2. The van der Waals surface area contributed by atoms with Gasteiger partial charge in [0.05, 0.1) is 16.2 Å². The lowest BCUT2D eigenvalue weighted by Gasteiger charge is -2.14. The Balaban J connectivity index is 1.80.